The molecule has 1 N–H and O–H groups in total. The molecule has 1 saturated heterocycles. The van der Waals surface area contributed by atoms with Crippen LogP contribution in [0.1, 0.15) is 45.1 Å². The fourth-order valence-corrected chi connectivity index (χ4v) is 5.70. The second-order valence-corrected chi connectivity index (χ2v) is 12.8. The van der Waals surface area contributed by atoms with Crippen molar-refractivity contribution >= 4 is 44.4 Å². The molecule has 1 aromatic heterocycles. The summed E-state index contributed by atoms with van der Waals surface area (Å²) in [5.41, 5.74) is 2.01. The fraction of sp³-hybridized carbons (Fsp3) is 0.538. The number of ketones is 1. The van der Waals surface area contributed by atoms with Crippen molar-refractivity contribution in [2.24, 2.45) is 5.92 Å². The Bertz CT molecular complexity index is 1160. The molecule has 1 aromatic carbocycles. The zero-order chi connectivity index (χ0) is 25.2. The van der Waals surface area contributed by atoms with Crippen LogP contribution in [0.15, 0.2) is 36.5 Å². The van der Waals surface area contributed by atoms with Gasteiger partial charge in [-0.2, -0.15) is 0 Å². The molecule has 1 saturated carbocycles. The lowest BCUT2D eigenvalue weighted by molar-refractivity contribution is -0.119. The number of nitrogens with one attached hydrogen (secondary N) is 1. The molecule has 0 amide bonds. The molecular weight excluding hydrogens is 486 g/mol. The van der Waals surface area contributed by atoms with Crippen LogP contribution in [0, 0.1) is 5.92 Å². The molecule has 2 fully saturated rings. The predicted molar refractivity (Wildman–Crippen MR) is 141 cm³/mol. The van der Waals surface area contributed by atoms with E-state index in [4.69, 9.17) is 16.3 Å². The summed E-state index contributed by atoms with van der Waals surface area (Å²) in [4.78, 5) is 19.9. The summed E-state index contributed by atoms with van der Waals surface area (Å²) in [6, 6.07) is 10.0. The number of hydrogen-bond acceptors (Lipinski definition) is 7. The zero-order valence-electron chi connectivity index (χ0n) is 20.6. The van der Waals surface area contributed by atoms with E-state index < -0.39 is 21.0 Å². The minimum absolute atomic E-state index is 0.230. The van der Waals surface area contributed by atoms with Gasteiger partial charge in [-0.05, 0) is 61.4 Å². The van der Waals surface area contributed by atoms with Crippen LogP contribution in [0.2, 0.25) is 5.02 Å². The maximum absolute atomic E-state index is 13.0. The van der Waals surface area contributed by atoms with Crippen LogP contribution in [-0.4, -0.2) is 57.0 Å². The quantitative estimate of drug-likeness (QED) is 0.484. The highest BCUT2D eigenvalue weighted by atomic mass is 35.5. The number of carbonyl (C=O) groups is 1. The molecule has 2 heterocycles. The van der Waals surface area contributed by atoms with Crippen LogP contribution in [0.3, 0.4) is 0 Å². The van der Waals surface area contributed by atoms with Crippen molar-refractivity contribution in [1.82, 2.24) is 4.98 Å². The number of halogens is 1. The molecule has 0 atom stereocenters. The van der Waals surface area contributed by atoms with Crippen molar-refractivity contribution in [2.75, 3.05) is 42.0 Å². The number of pyridine rings is 1. The fourth-order valence-electron chi connectivity index (χ4n) is 4.84. The highest BCUT2D eigenvalue weighted by molar-refractivity contribution is 7.91. The smallest absolute Gasteiger partial charge is 0.158 e. The van der Waals surface area contributed by atoms with Crippen molar-refractivity contribution in [1.29, 1.82) is 0 Å². The molecule has 1 aliphatic heterocycles. The number of carbonyl (C=O) groups excluding carboxylic acids is 1. The van der Waals surface area contributed by atoms with Crippen LogP contribution in [0.4, 0.5) is 17.2 Å². The Balaban J connectivity index is 1.75. The lowest BCUT2D eigenvalue weighted by atomic mass is 9.91. The molecule has 7 nitrogen and oxygen atoms in total. The summed E-state index contributed by atoms with van der Waals surface area (Å²) < 4.78 is 29.3. The topological polar surface area (TPSA) is 88.6 Å². The number of benzene rings is 1. The number of sulfone groups is 1. The van der Waals surface area contributed by atoms with E-state index in [9.17, 15) is 13.2 Å². The molecule has 9 heteroatoms. The van der Waals surface area contributed by atoms with E-state index in [-0.39, 0.29) is 5.78 Å². The standard InChI is InChI=1S/C26H34ClN3O4S/c1-18(2)16-30(21-8-12-34-13-9-21)23-6-4-19(26(10-11-26)24(31)17-35(3,32)33)14-22(23)29-25-7-5-20(27)15-28-25/h4-7,14-15,18,21H,8-13,16-17H2,1-3H3,(H,28,29). The van der Waals surface area contributed by atoms with Gasteiger partial charge in [0.25, 0.3) is 0 Å². The number of nitrogens with zero attached hydrogens (tertiary/aromatic N) is 2. The average molecular weight is 520 g/mol. The van der Waals surface area contributed by atoms with Crippen molar-refractivity contribution in [3.63, 3.8) is 0 Å². The third kappa shape index (κ3) is 6.35. The van der Waals surface area contributed by atoms with Crippen molar-refractivity contribution in [3.05, 3.63) is 47.1 Å². The Morgan fingerprint density at radius 2 is 1.94 bits per heavy atom. The van der Waals surface area contributed by atoms with Crippen LogP contribution >= 0.6 is 11.6 Å². The molecule has 0 radical (unpaired) electrons. The predicted octanol–water partition coefficient (Wildman–Crippen LogP) is 4.77. The van der Waals surface area contributed by atoms with E-state index in [0.29, 0.717) is 35.6 Å². The van der Waals surface area contributed by atoms with Gasteiger partial charge in [0.15, 0.2) is 15.6 Å². The molecule has 4 rings (SSSR count). The SMILES string of the molecule is CC(C)CN(c1ccc(C2(C(=O)CS(C)(=O)=O)CC2)cc1Nc1ccc(Cl)cn1)C1CCOCC1. The van der Waals surface area contributed by atoms with Crippen molar-refractivity contribution in [2.45, 2.75) is 51.0 Å². The normalized spacial score (nSPS) is 17.9. The van der Waals surface area contributed by atoms with Gasteiger partial charge >= 0.3 is 0 Å². The summed E-state index contributed by atoms with van der Waals surface area (Å²) in [6.45, 7) is 6.77. The summed E-state index contributed by atoms with van der Waals surface area (Å²) in [7, 11) is -3.39. The Labute approximate surface area is 213 Å². The number of hydrogen-bond donors (Lipinski definition) is 1. The van der Waals surface area contributed by atoms with Gasteiger partial charge in [0.2, 0.25) is 0 Å². The first-order valence-corrected chi connectivity index (χ1v) is 14.6. The molecule has 2 aromatic rings. The van der Waals surface area contributed by atoms with E-state index in [1.165, 1.54) is 0 Å². The molecule has 0 spiro atoms. The van der Waals surface area contributed by atoms with Gasteiger partial charge in [-0.3, -0.25) is 4.79 Å². The molecule has 0 unspecified atom stereocenters. The van der Waals surface area contributed by atoms with Crippen LogP contribution in [-0.2, 0) is 24.8 Å². The Morgan fingerprint density at radius 3 is 2.51 bits per heavy atom. The molecule has 2 aliphatic rings. The molecule has 1 aliphatic carbocycles. The van der Waals surface area contributed by atoms with Gasteiger partial charge < -0.3 is 15.0 Å². The first kappa shape index (κ1) is 25.9. The zero-order valence-corrected chi connectivity index (χ0v) is 22.2. The summed E-state index contributed by atoms with van der Waals surface area (Å²) >= 11 is 6.04. The van der Waals surface area contributed by atoms with Gasteiger partial charge in [-0.1, -0.05) is 31.5 Å². The lowest BCUT2D eigenvalue weighted by Crippen LogP contribution is -2.42. The minimum atomic E-state index is -3.39. The van der Waals surface area contributed by atoms with Crippen LogP contribution in [0.5, 0.6) is 0 Å². The van der Waals surface area contributed by atoms with E-state index in [1.807, 2.05) is 18.2 Å². The lowest BCUT2D eigenvalue weighted by Gasteiger charge is -2.38. The van der Waals surface area contributed by atoms with Crippen molar-refractivity contribution < 1.29 is 17.9 Å². The van der Waals surface area contributed by atoms with E-state index in [2.05, 4.69) is 35.1 Å². The molecule has 35 heavy (non-hydrogen) atoms. The van der Waals surface area contributed by atoms with E-state index in [0.717, 1.165) is 55.8 Å². The third-order valence-corrected chi connectivity index (χ3v) is 7.73. The Hall–Kier alpha value is -2.16. The second-order valence-electron chi connectivity index (χ2n) is 10.2. The summed E-state index contributed by atoms with van der Waals surface area (Å²) in [5, 5.41) is 4.00. The highest BCUT2D eigenvalue weighted by Crippen LogP contribution is 2.51. The monoisotopic (exact) mass is 519 g/mol. The maximum atomic E-state index is 13.0. The maximum Gasteiger partial charge on any atom is 0.158 e. The van der Waals surface area contributed by atoms with Gasteiger partial charge in [0.1, 0.15) is 11.6 Å². The van der Waals surface area contributed by atoms with Crippen LogP contribution in [0.25, 0.3) is 0 Å². The number of ether oxygens (including phenoxy) is 1. The number of Topliss-reactive ketones (excluding diaryl/α,β-unsaturated/α-hetero) is 1. The van der Waals surface area contributed by atoms with E-state index >= 15 is 0 Å². The molecular formula is C26H34ClN3O4S. The first-order valence-electron chi connectivity index (χ1n) is 12.2. The molecule has 190 valence electrons. The first-order chi connectivity index (χ1) is 16.6. The third-order valence-electron chi connectivity index (χ3n) is 6.72. The van der Waals surface area contributed by atoms with Gasteiger partial charge in [0, 0.05) is 38.3 Å². The minimum Gasteiger partial charge on any atom is -0.381 e. The number of anilines is 3. The second kappa shape index (κ2) is 10.4. The Morgan fingerprint density at radius 1 is 1.23 bits per heavy atom. The van der Waals surface area contributed by atoms with Gasteiger partial charge in [0.05, 0.1) is 21.8 Å². The summed E-state index contributed by atoms with van der Waals surface area (Å²) in [5.74, 6) is 0.436. The molecule has 0 bridgehead atoms. The largest absolute Gasteiger partial charge is 0.381 e. The van der Waals surface area contributed by atoms with E-state index in [1.54, 1.807) is 12.3 Å². The highest BCUT2D eigenvalue weighted by Gasteiger charge is 2.51. The van der Waals surface area contributed by atoms with Crippen LogP contribution < -0.4 is 10.2 Å². The summed E-state index contributed by atoms with van der Waals surface area (Å²) in [6.07, 6.45) is 5.93. The number of aromatic nitrogens is 1. The Kier molecular flexibility index (Phi) is 7.74. The van der Waals surface area contributed by atoms with Gasteiger partial charge in [-0.15, -0.1) is 0 Å². The average Bonchev–Trinajstić information content (AvgIpc) is 3.61. The van der Waals surface area contributed by atoms with Crippen molar-refractivity contribution in [3.8, 4) is 0 Å². The number of rotatable bonds is 10. The van der Waals surface area contributed by atoms with Gasteiger partial charge in [-0.25, -0.2) is 13.4 Å².